The van der Waals surface area contributed by atoms with E-state index in [-0.39, 0.29) is 5.97 Å². The quantitative estimate of drug-likeness (QED) is 0.536. The number of carbonyl (C=O) groups is 1. The van der Waals surface area contributed by atoms with Gasteiger partial charge in [-0.05, 0) is 19.2 Å². The van der Waals surface area contributed by atoms with Gasteiger partial charge in [-0.2, -0.15) is 0 Å². The minimum absolute atomic E-state index is 0.345. The van der Waals surface area contributed by atoms with Crippen molar-refractivity contribution in [3.8, 4) is 0 Å². The van der Waals surface area contributed by atoms with Crippen LogP contribution in [-0.2, 0) is 4.74 Å². The Hall–Kier alpha value is -1.03. The van der Waals surface area contributed by atoms with E-state index >= 15 is 0 Å². The highest BCUT2D eigenvalue weighted by atomic mass is 32.2. The molecule has 0 spiro atoms. The molecule has 0 atom stereocenters. The van der Waals surface area contributed by atoms with Crippen LogP contribution in [-0.4, -0.2) is 24.3 Å². The van der Waals surface area contributed by atoms with Crippen LogP contribution in [0.5, 0.6) is 0 Å². The number of pyridine rings is 1. The summed E-state index contributed by atoms with van der Waals surface area (Å²) in [5.41, 5.74) is 1.43. The highest BCUT2D eigenvalue weighted by Crippen LogP contribution is 2.19. The highest BCUT2D eigenvalue weighted by molar-refractivity contribution is 7.98. The number of aryl methyl sites for hydroxylation is 1. The molecule has 0 amide bonds. The lowest BCUT2D eigenvalue weighted by molar-refractivity contribution is 0.0600. The van der Waals surface area contributed by atoms with Crippen LogP contribution < -0.4 is 0 Å². The van der Waals surface area contributed by atoms with Gasteiger partial charge in [0.15, 0.2) is 0 Å². The molecule has 0 aromatic carbocycles. The summed E-state index contributed by atoms with van der Waals surface area (Å²) >= 11 is 1.57. The van der Waals surface area contributed by atoms with Gasteiger partial charge in [-0.1, -0.05) is 0 Å². The maximum atomic E-state index is 11.1. The summed E-state index contributed by atoms with van der Waals surface area (Å²) in [6, 6.07) is 1.79. The average Bonchev–Trinajstić information content (AvgIpc) is 2.17. The van der Waals surface area contributed by atoms with Crippen molar-refractivity contribution in [2.75, 3.05) is 13.4 Å². The van der Waals surface area contributed by atoms with Gasteiger partial charge in [0.2, 0.25) is 0 Å². The monoisotopic (exact) mass is 197 g/mol. The first-order chi connectivity index (χ1) is 6.19. The number of rotatable bonds is 2. The number of esters is 1. The Morgan fingerprint density at radius 1 is 1.62 bits per heavy atom. The smallest absolute Gasteiger partial charge is 0.339 e. The summed E-state index contributed by atoms with van der Waals surface area (Å²) in [6.07, 6.45) is 3.48. The molecule has 0 aliphatic carbocycles. The lowest BCUT2D eigenvalue weighted by Gasteiger charge is -2.03. The summed E-state index contributed by atoms with van der Waals surface area (Å²) in [5, 5.41) is 0. The number of carbonyl (C=O) groups excluding carboxylic acids is 1. The maximum Gasteiger partial charge on any atom is 0.339 e. The molecule has 0 fully saturated rings. The zero-order chi connectivity index (χ0) is 9.84. The standard InChI is InChI=1S/C9H11NO2S/c1-6-8(13-3)4-7(5-10-6)9(11)12-2/h4-5H,1-3H3. The normalized spacial score (nSPS) is 9.77. The van der Waals surface area contributed by atoms with E-state index in [4.69, 9.17) is 0 Å². The van der Waals surface area contributed by atoms with Gasteiger partial charge in [-0.3, -0.25) is 4.98 Å². The lowest BCUT2D eigenvalue weighted by atomic mass is 10.2. The van der Waals surface area contributed by atoms with Crippen molar-refractivity contribution in [1.82, 2.24) is 4.98 Å². The van der Waals surface area contributed by atoms with Crippen molar-refractivity contribution in [1.29, 1.82) is 0 Å². The Balaban J connectivity index is 3.06. The van der Waals surface area contributed by atoms with Gasteiger partial charge in [0.1, 0.15) is 0 Å². The molecule has 3 nitrogen and oxygen atoms in total. The Morgan fingerprint density at radius 2 is 2.31 bits per heavy atom. The van der Waals surface area contributed by atoms with Crippen molar-refractivity contribution in [2.24, 2.45) is 0 Å². The molecule has 1 aromatic rings. The molecule has 0 unspecified atom stereocenters. The molecular weight excluding hydrogens is 186 g/mol. The maximum absolute atomic E-state index is 11.1. The van der Waals surface area contributed by atoms with E-state index in [1.807, 2.05) is 13.2 Å². The van der Waals surface area contributed by atoms with Crippen LogP contribution in [0.4, 0.5) is 0 Å². The second-order valence-corrected chi connectivity index (χ2v) is 3.35. The first-order valence-corrected chi connectivity index (χ1v) is 5.00. The van der Waals surface area contributed by atoms with Gasteiger partial charge in [0.05, 0.1) is 18.4 Å². The van der Waals surface area contributed by atoms with Crippen LogP contribution in [0.15, 0.2) is 17.2 Å². The minimum atomic E-state index is -0.345. The first-order valence-electron chi connectivity index (χ1n) is 3.78. The molecular formula is C9H11NO2S. The molecule has 70 valence electrons. The van der Waals surface area contributed by atoms with Gasteiger partial charge < -0.3 is 4.74 Å². The van der Waals surface area contributed by atoms with E-state index < -0.39 is 0 Å². The Labute approximate surface area is 81.5 Å². The van der Waals surface area contributed by atoms with Crippen molar-refractivity contribution in [3.05, 3.63) is 23.5 Å². The van der Waals surface area contributed by atoms with Crippen molar-refractivity contribution in [2.45, 2.75) is 11.8 Å². The molecule has 0 saturated carbocycles. The lowest BCUT2D eigenvalue weighted by Crippen LogP contribution is -2.02. The molecule has 0 radical (unpaired) electrons. The van der Waals surface area contributed by atoms with Crippen molar-refractivity contribution >= 4 is 17.7 Å². The number of ether oxygens (including phenoxy) is 1. The van der Waals surface area contributed by atoms with E-state index in [9.17, 15) is 4.79 Å². The fourth-order valence-corrected chi connectivity index (χ4v) is 1.54. The van der Waals surface area contributed by atoms with Crippen LogP contribution in [0.2, 0.25) is 0 Å². The summed E-state index contributed by atoms with van der Waals surface area (Å²) in [4.78, 5) is 16.2. The Morgan fingerprint density at radius 3 is 2.85 bits per heavy atom. The Kier molecular flexibility index (Phi) is 3.31. The first kappa shape index (κ1) is 10.1. The third-order valence-electron chi connectivity index (χ3n) is 1.68. The third-order valence-corrected chi connectivity index (χ3v) is 2.53. The van der Waals surface area contributed by atoms with Crippen molar-refractivity contribution in [3.63, 3.8) is 0 Å². The average molecular weight is 197 g/mol. The molecule has 13 heavy (non-hydrogen) atoms. The molecule has 1 aromatic heterocycles. The molecule has 1 heterocycles. The number of methoxy groups -OCH3 is 1. The number of nitrogens with zero attached hydrogens (tertiary/aromatic N) is 1. The SMILES string of the molecule is COC(=O)c1cnc(C)c(SC)c1. The predicted molar refractivity (Wildman–Crippen MR) is 52.1 cm³/mol. The summed E-state index contributed by atoms with van der Waals surface area (Å²) < 4.78 is 4.59. The van der Waals surface area contributed by atoms with E-state index in [1.54, 1.807) is 17.8 Å². The Bertz CT molecular complexity index is 325. The van der Waals surface area contributed by atoms with Crippen LogP contribution in [0, 0.1) is 6.92 Å². The molecule has 0 saturated heterocycles. The molecule has 0 aliphatic heterocycles. The van der Waals surface area contributed by atoms with E-state index in [0.29, 0.717) is 5.56 Å². The second-order valence-electron chi connectivity index (χ2n) is 2.50. The molecule has 4 heteroatoms. The van der Waals surface area contributed by atoms with Crippen LogP contribution in [0.3, 0.4) is 0 Å². The number of hydrogen-bond acceptors (Lipinski definition) is 4. The summed E-state index contributed by atoms with van der Waals surface area (Å²) in [5.74, 6) is -0.345. The number of hydrogen-bond donors (Lipinski definition) is 0. The number of thioether (sulfide) groups is 1. The van der Waals surface area contributed by atoms with Gasteiger partial charge in [-0.15, -0.1) is 11.8 Å². The van der Waals surface area contributed by atoms with E-state index in [0.717, 1.165) is 10.6 Å². The number of aromatic nitrogens is 1. The van der Waals surface area contributed by atoms with Crippen LogP contribution in [0.25, 0.3) is 0 Å². The second kappa shape index (κ2) is 4.28. The van der Waals surface area contributed by atoms with Gasteiger partial charge in [0, 0.05) is 11.1 Å². The van der Waals surface area contributed by atoms with Gasteiger partial charge in [0.25, 0.3) is 0 Å². The van der Waals surface area contributed by atoms with Gasteiger partial charge in [-0.25, -0.2) is 4.79 Å². The molecule has 0 bridgehead atoms. The highest BCUT2D eigenvalue weighted by Gasteiger charge is 2.07. The van der Waals surface area contributed by atoms with Crippen LogP contribution >= 0.6 is 11.8 Å². The van der Waals surface area contributed by atoms with Crippen molar-refractivity contribution < 1.29 is 9.53 Å². The molecule has 1 rings (SSSR count). The fourth-order valence-electron chi connectivity index (χ4n) is 0.949. The van der Waals surface area contributed by atoms with Gasteiger partial charge >= 0.3 is 5.97 Å². The summed E-state index contributed by atoms with van der Waals surface area (Å²) in [6.45, 7) is 1.91. The largest absolute Gasteiger partial charge is 0.465 e. The zero-order valence-electron chi connectivity index (χ0n) is 7.83. The van der Waals surface area contributed by atoms with Crippen LogP contribution in [0.1, 0.15) is 16.1 Å². The third kappa shape index (κ3) is 2.21. The molecule has 0 aliphatic rings. The van der Waals surface area contributed by atoms with E-state index in [1.165, 1.54) is 13.3 Å². The predicted octanol–water partition coefficient (Wildman–Crippen LogP) is 1.90. The topological polar surface area (TPSA) is 39.2 Å². The van der Waals surface area contributed by atoms with E-state index in [2.05, 4.69) is 9.72 Å². The fraction of sp³-hybridized carbons (Fsp3) is 0.333. The minimum Gasteiger partial charge on any atom is -0.465 e. The molecule has 0 N–H and O–H groups in total. The zero-order valence-corrected chi connectivity index (χ0v) is 8.64. The summed E-state index contributed by atoms with van der Waals surface area (Å²) in [7, 11) is 1.36.